The summed E-state index contributed by atoms with van der Waals surface area (Å²) in [7, 11) is 0. The Bertz CT molecular complexity index is 1320. The van der Waals surface area contributed by atoms with Gasteiger partial charge < -0.3 is 0 Å². The molecule has 1 aliphatic heterocycles. The zero-order valence-electron chi connectivity index (χ0n) is 17.0. The van der Waals surface area contributed by atoms with E-state index in [2.05, 4.69) is 15.9 Å². The average molecular weight is 489 g/mol. The molecule has 2 bridgehead atoms. The number of amides is 2. The number of halogens is 1. The number of imide groups is 1. The van der Waals surface area contributed by atoms with Gasteiger partial charge >= 0.3 is 0 Å². The van der Waals surface area contributed by atoms with Crippen LogP contribution in [0, 0.1) is 22.0 Å². The summed E-state index contributed by atoms with van der Waals surface area (Å²) in [4.78, 5) is 40.0. The van der Waals surface area contributed by atoms with Crippen LogP contribution in [0.1, 0.15) is 35.1 Å². The summed E-state index contributed by atoms with van der Waals surface area (Å²) in [5, 5.41) is 11.8. The van der Waals surface area contributed by atoms with Gasteiger partial charge in [-0.2, -0.15) is 0 Å². The number of nitro benzene ring substituents is 1. The fourth-order valence-corrected chi connectivity index (χ4v) is 6.57. The van der Waals surface area contributed by atoms with Crippen LogP contribution in [0.15, 0.2) is 71.2 Å². The lowest BCUT2D eigenvalue weighted by atomic mass is 9.48. The Morgan fingerprint density at radius 3 is 2.12 bits per heavy atom. The molecule has 2 atom stereocenters. The highest BCUT2D eigenvalue weighted by Gasteiger charge is 2.66. The van der Waals surface area contributed by atoms with E-state index >= 15 is 0 Å². The molecule has 1 heterocycles. The summed E-state index contributed by atoms with van der Waals surface area (Å²) in [6.07, 6.45) is 0. The summed E-state index contributed by atoms with van der Waals surface area (Å²) >= 11 is 3.25. The Balaban J connectivity index is 1.61. The normalized spacial score (nSPS) is 27.2. The minimum absolute atomic E-state index is 0.0266. The quantitative estimate of drug-likeness (QED) is 0.291. The van der Waals surface area contributed by atoms with Gasteiger partial charge in [-0.05, 0) is 34.4 Å². The second kappa shape index (κ2) is 6.36. The summed E-state index contributed by atoms with van der Waals surface area (Å²) in [5.41, 5.74) is 3.28. The van der Waals surface area contributed by atoms with E-state index in [1.54, 1.807) is 6.07 Å². The molecule has 7 heteroatoms. The lowest BCUT2D eigenvalue weighted by Crippen LogP contribution is -2.51. The number of anilines is 1. The summed E-state index contributed by atoms with van der Waals surface area (Å²) in [6.45, 7) is 2.03. The molecule has 3 aliphatic carbocycles. The largest absolute Gasteiger partial charge is 0.294 e. The van der Waals surface area contributed by atoms with Crippen molar-refractivity contribution in [3.63, 3.8) is 0 Å². The summed E-state index contributed by atoms with van der Waals surface area (Å²) < 4.78 is 0.510. The standard InChI is InChI=1S/C25H17BrN2O4/c1-25-16-8-4-2-6-14(16)20(15-7-3-5-9-17(15)25)21-22(25)24(30)27(23(21)29)18-11-10-13(26)12-19(18)28(31)32/h2-12,20-22H,1H3/t20?,21-,22+,25?/m0/s1. The van der Waals surface area contributed by atoms with Crippen molar-refractivity contribution in [3.05, 3.63) is 104 Å². The SMILES string of the molecule is CC12c3ccccc3C(c3ccccc31)[C@@H]1C(=O)N(c3ccc(Br)cc3[N+](=O)[O-])C(=O)[C@@H]12. The maximum atomic E-state index is 13.9. The molecule has 7 rings (SSSR count). The highest BCUT2D eigenvalue weighted by Crippen LogP contribution is 2.64. The van der Waals surface area contributed by atoms with Gasteiger partial charge in [0.1, 0.15) is 5.69 Å². The van der Waals surface area contributed by atoms with Gasteiger partial charge in [0.25, 0.3) is 5.69 Å². The van der Waals surface area contributed by atoms with Crippen molar-refractivity contribution in [2.24, 2.45) is 11.8 Å². The van der Waals surface area contributed by atoms with Crippen LogP contribution < -0.4 is 4.90 Å². The van der Waals surface area contributed by atoms with Gasteiger partial charge in [-0.25, -0.2) is 4.90 Å². The van der Waals surface area contributed by atoms with E-state index in [4.69, 9.17) is 0 Å². The molecule has 0 aromatic heterocycles. The fraction of sp³-hybridized carbons (Fsp3) is 0.200. The van der Waals surface area contributed by atoms with Crippen LogP contribution in [-0.2, 0) is 15.0 Å². The monoisotopic (exact) mass is 488 g/mol. The number of nitrogens with zero attached hydrogens (tertiary/aromatic N) is 2. The molecule has 0 saturated carbocycles. The first-order valence-corrected chi connectivity index (χ1v) is 11.2. The van der Waals surface area contributed by atoms with E-state index in [1.807, 2.05) is 55.5 Å². The van der Waals surface area contributed by atoms with Crippen LogP contribution >= 0.6 is 15.9 Å². The molecule has 6 nitrogen and oxygen atoms in total. The Labute approximate surface area is 192 Å². The van der Waals surface area contributed by atoms with Crippen molar-refractivity contribution in [2.45, 2.75) is 18.3 Å². The number of carbonyl (C=O) groups is 2. The van der Waals surface area contributed by atoms with E-state index in [9.17, 15) is 19.7 Å². The number of carbonyl (C=O) groups excluding carboxylic acids is 2. The second-order valence-electron chi connectivity index (χ2n) is 8.76. The van der Waals surface area contributed by atoms with Gasteiger partial charge in [0.2, 0.25) is 11.8 Å². The predicted octanol–water partition coefficient (Wildman–Crippen LogP) is 4.93. The zero-order chi connectivity index (χ0) is 22.4. The first-order valence-electron chi connectivity index (χ1n) is 10.4. The summed E-state index contributed by atoms with van der Waals surface area (Å²) in [6, 6.07) is 20.4. The Morgan fingerprint density at radius 2 is 1.53 bits per heavy atom. The van der Waals surface area contributed by atoms with E-state index in [0.29, 0.717) is 4.47 Å². The number of hydrogen-bond acceptors (Lipinski definition) is 4. The van der Waals surface area contributed by atoms with Gasteiger partial charge in [0, 0.05) is 21.9 Å². The smallest absolute Gasteiger partial charge is 0.274 e. The number of rotatable bonds is 2. The Morgan fingerprint density at radius 1 is 0.938 bits per heavy atom. The zero-order valence-corrected chi connectivity index (χ0v) is 18.6. The second-order valence-corrected chi connectivity index (χ2v) is 9.68. The molecule has 4 aliphatic rings. The van der Waals surface area contributed by atoms with Crippen molar-refractivity contribution in [2.75, 3.05) is 4.90 Å². The van der Waals surface area contributed by atoms with Gasteiger partial charge in [0.15, 0.2) is 0 Å². The van der Waals surface area contributed by atoms with Gasteiger partial charge in [0.05, 0.1) is 16.8 Å². The van der Waals surface area contributed by atoms with Crippen molar-refractivity contribution >= 4 is 39.1 Å². The van der Waals surface area contributed by atoms with Crippen molar-refractivity contribution in [3.8, 4) is 0 Å². The highest BCUT2D eigenvalue weighted by molar-refractivity contribution is 9.10. The Kier molecular flexibility index (Phi) is 3.85. The topological polar surface area (TPSA) is 80.5 Å². The van der Waals surface area contributed by atoms with Gasteiger partial charge in [-0.15, -0.1) is 0 Å². The lowest BCUT2D eigenvalue weighted by Gasteiger charge is -2.52. The van der Waals surface area contributed by atoms with Crippen LogP contribution in [0.25, 0.3) is 0 Å². The van der Waals surface area contributed by atoms with Crippen LogP contribution in [0.3, 0.4) is 0 Å². The van der Waals surface area contributed by atoms with Gasteiger partial charge in [-0.3, -0.25) is 19.7 Å². The molecule has 1 fully saturated rings. The molecule has 32 heavy (non-hydrogen) atoms. The molecular formula is C25H17BrN2O4. The van der Waals surface area contributed by atoms with E-state index in [0.717, 1.165) is 27.2 Å². The molecule has 0 radical (unpaired) electrons. The minimum Gasteiger partial charge on any atom is -0.274 e. The van der Waals surface area contributed by atoms with Gasteiger partial charge in [-0.1, -0.05) is 71.4 Å². The predicted molar refractivity (Wildman–Crippen MR) is 121 cm³/mol. The Hall–Kier alpha value is -3.32. The molecule has 3 aromatic rings. The molecule has 2 amide bonds. The highest BCUT2D eigenvalue weighted by atomic mass is 79.9. The van der Waals surface area contributed by atoms with Crippen molar-refractivity contribution in [1.82, 2.24) is 0 Å². The van der Waals surface area contributed by atoms with E-state index in [-0.39, 0.29) is 29.1 Å². The molecule has 0 N–H and O–H groups in total. The van der Waals surface area contributed by atoms with Crippen molar-refractivity contribution in [1.29, 1.82) is 0 Å². The molecule has 3 aromatic carbocycles. The third-order valence-electron chi connectivity index (χ3n) is 7.42. The number of hydrogen-bond donors (Lipinski definition) is 0. The first kappa shape index (κ1) is 19.4. The maximum Gasteiger partial charge on any atom is 0.294 e. The molecular weight excluding hydrogens is 472 g/mol. The molecule has 0 spiro atoms. The van der Waals surface area contributed by atoms with E-state index in [1.165, 1.54) is 12.1 Å². The third kappa shape index (κ3) is 2.19. The minimum atomic E-state index is -0.696. The van der Waals surface area contributed by atoms with Crippen molar-refractivity contribution < 1.29 is 14.5 Å². The van der Waals surface area contributed by atoms with Crippen LogP contribution in [-0.4, -0.2) is 16.7 Å². The molecule has 0 unspecified atom stereocenters. The number of nitro groups is 1. The lowest BCUT2D eigenvalue weighted by molar-refractivity contribution is -0.384. The van der Waals surface area contributed by atoms with Crippen LogP contribution in [0.5, 0.6) is 0 Å². The first-order chi connectivity index (χ1) is 15.4. The summed E-state index contributed by atoms with van der Waals surface area (Å²) in [5.74, 6) is -2.22. The van der Waals surface area contributed by atoms with E-state index < -0.39 is 22.2 Å². The number of benzene rings is 3. The maximum absolute atomic E-state index is 13.9. The fourth-order valence-electron chi connectivity index (χ4n) is 6.22. The molecule has 158 valence electrons. The third-order valence-corrected chi connectivity index (χ3v) is 7.91. The van der Waals surface area contributed by atoms with Crippen LogP contribution in [0.2, 0.25) is 0 Å². The average Bonchev–Trinajstić information content (AvgIpc) is 3.06. The van der Waals surface area contributed by atoms with Crippen LogP contribution in [0.4, 0.5) is 11.4 Å². The molecule has 1 saturated heterocycles.